The number of nitrogens with zero attached hydrogens (tertiary/aromatic N) is 5. The molecule has 1 atom stereocenters. The summed E-state index contributed by atoms with van der Waals surface area (Å²) in [7, 11) is -3.75. The van der Waals surface area contributed by atoms with Gasteiger partial charge in [0.15, 0.2) is 5.82 Å². The van der Waals surface area contributed by atoms with Gasteiger partial charge >= 0.3 is 6.03 Å². The van der Waals surface area contributed by atoms with Crippen molar-refractivity contribution in [3.63, 3.8) is 0 Å². The second kappa shape index (κ2) is 10.8. The van der Waals surface area contributed by atoms with Gasteiger partial charge in [-0.3, -0.25) is 0 Å². The molecule has 2 amide bonds. The average Bonchev–Trinajstić information content (AvgIpc) is 3.41. The van der Waals surface area contributed by atoms with Gasteiger partial charge in [-0.05, 0) is 51.0 Å². The van der Waals surface area contributed by atoms with Crippen molar-refractivity contribution in [3.05, 3.63) is 65.3 Å². The molecule has 1 aliphatic carbocycles. The van der Waals surface area contributed by atoms with Crippen molar-refractivity contribution in [2.24, 2.45) is 0 Å². The minimum absolute atomic E-state index is 0.0685. The van der Waals surface area contributed by atoms with Gasteiger partial charge in [0.2, 0.25) is 14.2 Å². The number of sulfone groups is 1. The quantitative estimate of drug-likeness (QED) is 0.277. The minimum atomic E-state index is -3.75. The van der Waals surface area contributed by atoms with Crippen LogP contribution < -0.4 is 15.5 Å². The van der Waals surface area contributed by atoms with Gasteiger partial charge in [0.25, 0.3) is 0 Å². The van der Waals surface area contributed by atoms with E-state index in [2.05, 4.69) is 37.4 Å². The first kappa shape index (κ1) is 27.3. The Kier molecular flexibility index (Phi) is 7.21. The number of thiazole rings is 1. The highest BCUT2D eigenvalue weighted by molar-refractivity contribution is 7.94. The van der Waals surface area contributed by atoms with Crippen molar-refractivity contribution in [2.45, 2.75) is 48.4 Å². The lowest BCUT2D eigenvalue weighted by Gasteiger charge is -2.34. The topological polar surface area (TPSA) is 155 Å². The number of ether oxygens (including phenoxy) is 1. The summed E-state index contributed by atoms with van der Waals surface area (Å²) in [5, 5.41) is 7.29. The SMILES string of the molecule is Cc1csc(S(=O)(=O)C2(c3cc(N4CCOC[C@@H]4C)nc(-c4ccc(NC(=O)NCc5ncc[nH]5)cc4)n3)CC2)n1. The van der Waals surface area contributed by atoms with Gasteiger partial charge in [-0.2, -0.15) is 0 Å². The van der Waals surface area contributed by atoms with E-state index in [0.717, 1.165) is 11.3 Å². The zero-order chi connectivity index (χ0) is 28.6. The summed E-state index contributed by atoms with van der Waals surface area (Å²) in [4.78, 5) is 35.5. The molecular formula is C27H30N8O4S2. The molecule has 1 saturated heterocycles. The number of aromatic nitrogens is 5. The number of carbonyl (C=O) groups excluding carboxylic acids is 1. The Hall–Kier alpha value is -3.88. The molecule has 41 heavy (non-hydrogen) atoms. The van der Waals surface area contributed by atoms with Gasteiger partial charge in [0, 0.05) is 47.3 Å². The number of nitrogens with one attached hydrogen (secondary N) is 3. The van der Waals surface area contributed by atoms with Crippen molar-refractivity contribution in [3.8, 4) is 11.4 Å². The molecule has 2 aliphatic rings. The van der Waals surface area contributed by atoms with E-state index in [1.807, 2.05) is 18.2 Å². The molecule has 3 N–H and O–H groups in total. The molecule has 0 unspecified atom stereocenters. The van der Waals surface area contributed by atoms with Crippen LogP contribution in [0.5, 0.6) is 0 Å². The van der Waals surface area contributed by atoms with Gasteiger partial charge in [0.05, 0.1) is 31.5 Å². The standard InChI is InChI=1S/C27H30N8O4S2/c1-17-16-40-26(31-17)41(37,38)27(7-8-27)21-13-23(35-11-12-39-15-18(35)2)34-24(33-21)19-3-5-20(6-4-19)32-25(36)30-14-22-28-9-10-29-22/h3-6,9-10,13,16,18H,7-8,11-12,14-15H2,1-2H3,(H,28,29)(H2,30,32,36)/t18-/m0/s1. The Labute approximate surface area is 241 Å². The molecule has 0 bridgehead atoms. The number of urea groups is 1. The molecule has 0 radical (unpaired) electrons. The van der Waals surface area contributed by atoms with Crippen LogP contribution in [-0.2, 0) is 25.9 Å². The van der Waals surface area contributed by atoms with E-state index in [-0.39, 0.29) is 23.0 Å². The fourth-order valence-corrected chi connectivity index (χ4v) is 8.12. The highest BCUT2D eigenvalue weighted by atomic mass is 32.2. The summed E-state index contributed by atoms with van der Waals surface area (Å²) in [6.07, 6.45) is 4.25. The van der Waals surface area contributed by atoms with Crippen molar-refractivity contribution in [2.75, 3.05) is 30.0 Å². The molecule has 4 aromatic rings. The zero-order valence-electron chi connectivity index (χ0n) is 22.6. The Balaban J connectivity index is 1.31. The number of hydrogen-bond donors (Lipinski definition) is 3. The molecule has 1 aromatic carbocycles. The van der Waals surface area contributed by atoms with Crippen LogP contribution in [0.2, 0.25) is 0 Å². The average molecular weight is 595 g/mol. The summed E-state index contributed by atoms with van der Waals surface area (Å²) >= 11 is 1.15. The first-order valence-corrected chi connectivity index (χ1v) is 15.7. The maximum Gasteiger partial charge on any atom is 0.319 e. The Morgan fingerprint density at radius 3 is 2.68 bits per heavy atom. The normalized spacial score (nSPS) is 18.2. The number of H-pyrrole nitrogens is 1. The van der Waals surface area contributed by atoms with Crippen LogP contribution in [0.15, 0.2) is 52.4 Å². The van der Waals surface area contributed by atoms with Gasteiger partial charge < -0.3 is 25.3 Å². The fraction of sp³-hybridized carbons (Fsp3) is 0.370. The number of aromatic amines is 1. The Bertz CT molecular complexity index is 1650. The number of rotatable bonds is 8. The maximum atomic E-state index is 13.8. The zero-order valence-corrected chi connectivity index (χ0v) is 24.3. The predicted octanol–water partition coefficient (Wildman–Crippen LogP) is 3.64. The monoisotopic (exact) mass is 594 g/mol. The molecule has 14 heteroatoms. The van der Waals surface area contributed by atoms with Crippen molar-refractivity contribution >= 4 is 38.7 Å². The summed E-state index contributed by atoms with van der Waals surface area (Å²) in [5.41, 5.74) is 2.44. The fourth-order valence-electron chi connectivity index (χ4n) is 4.85. The number of anilines is 2. The molecule has 3 aromatic heterocycles. The van der Waals surface area contributed by atoms with E-state index < -0.39 is 14.6 Å². The van der Waals surface area contributed by atoms with Crippen molar-refractivity contribution in [1.29, 1.82) is 0 Å². The largest absolute Gasteiger partial charge is 0.377 e. The lowest BCUT2D eigenvalue weighted by Crippen LogP contribution is -2.44. The van der Waals surface area contributed by atoms with Gasteiger partial charge in [0.1, 0.15) is 16.4 Å². The number of amides is 2. The molecule has 1 saturated carbocycles. The number of aryl methyl sites for hydroxylation is 1. The second-order valence-corrected chi connectivity index (χ2v) is 13.5. The number of hydrogen-bond acceptors (Lipinski definition) is 10. The molecule has 2 fully saturated rings. The molecule has 1 aliphatic heterocycles. The van der Waals surface area contributed by atoms with Crippen LogP contribution in [0.1, 0.15) is 37.0 Å². The van der Waals surface area contributed by atoms with Crippen molar-refractivity contribution < 1.29 is 17.9 Å². The lowest BCUT2D eigenvalue weighted by atomic mass is 10.1. The molecule has 214 valence electrons. The molecule has 12 nitrogen and oxygen atoms in total. The van der Waals surface area contributed by atoms with Gasteiger partial charge in [-0.1, -0.05) is 0 Å². The van der Waals surface area contributed by atoms with Crippen LogP contribution >= 0.6 is 11.3 Å². The highest BCUT2D eigenvalue weighted by Crippen LogP contribution is 2.55. The van der Waals surface area contributed by atoms with E-state index in [1.165, 1.54) is 0 Å². The van der Waals surface area contributed by atoms with Crippen LogP contribution in [0.3, 0.4) is 0 Å². The lowest BCUT2D eigenvalue weighted by molar-refractivity contribution is 0.0985. The van der Waals surface area contributed by atoms with Crippen LogP contribution in [0.25, 0.3) is 11.4 Å². The molecule has 6 rings (SSSR count). The Morgan fingerprint density at radius 2 is 2.02 bits per heavy atom. The van der Waals surface area contributed by atoms with E-state index in [9.17, 15) is 13.2 Å². The smallest absolute Gasteiger partial charge is 0.319 e. The minimum Gasteiger partial charge on any atom is -0.377 e. The molecular weight excluding hydrogens is 564 g/mol. The second-order valence-electron chi connectivity index (χ2n) is 10.2. The highest BCUT2D eigenvalue weighted by Gasteiger charge is 2.59. The van der Waals surface area contributed by atoms with Gasteiger partial charge in [-0.25, -0.2) is 33.1 Å². The first-order valence-electron chi connectivity index (χ1n) is 13.3. The van der Waals surface area contributed by atoms with E-state index in [0.29, 0.717) is 72.7 Å². The Morgan fingerprint density at radius 1 is 1.22 bits per heavy atom. The maximum absolute atomic E-state index is 13.8. The van der Waals surface area contributed by atoms with E-state index in [1.54, 1.807) is 36.8 Å². The summed E-state index contributed by atoms with van der Waals surface area (Å²) in [6, 6.07) is 8.66. The predicted molar refractivity (Wildman–Crippen MR) is 154 cm³/mol. The first-order chi connectivity index (χ1) is 19.7. The summed E-state index contributed by atoms with van der Waals surface area (Å²) in [5.74, 6) is 1.73. The summed E-state index contributed by atoms with van der Waals surface area (Å²) < 4.78 is 32.2. The van der Waals surface area contributed by atoms with Crippen LogP contribution in [0.4, 0.5) is 16.3 Å². The van der Waals surface area contributed by atoms with Gasteiger partial charge in [-0.15, -0.1) is 11.3 Å². The number of carbonyl (C=O) groups is 1. The van der Waals surface area contributed by atoms with Crippen LogP contribution in [0, 0.1) is 6.92 Å². The third kappa shape index (κ3) is 5.42. The van der Waals surface area contributed by atoms with Crippen molar-refractivity contribution in [1.82, 2.24) is 30.2 Å². The third-order valence-electron chi connectivity index (χ3n) is 7.26. The van der Waals surface area contributed by atoms with Crippen LogP contribution in [-0.4, -0.2) is 65.2 Å². The number of benzene rings is 1. The van der Waals surface area contributed by atoms with E-state index in [4.69, 9.17) is 14.7 Å². The molecule has 4 heterocycles. The van der Waals surface area contributed by atoms with E-state index >= 15 is 0 Å². The third-order valence-corrected chi connectivity index (χ3v) is 11.2. The summed E-state index contributed by atoms with van der Waals surface area (Å²) in [6.45, 7) is 5.86. The number of imidazole rings is 1. The number of morpholine rings is 1. The molecule has 0 spiro atoms.